The fraction of sp³-hybridized carbons (Fsp3) is 0.526. The van der Waals surface area contributed by atoms with E-state index in [1.54, 1.807) is 14.2 Å². The van der Waals surface area contributed by atoms with Crippen molar-refractivity contribution in [1.29, 1.82) is 5.26 Å². The van der Waals surface area contributed by atoms with E-state index in [1.165, 1.54) is 31.0 Å². The maximum atomic E-state index is 9.19. The molecule has 6 nitrogen and oxygen atoms in total. The van der Waals surface area contributed by atoms with Gasteiger partial charge in [-0.3, -0.25) is 4.57 Å². The topological polar surface area (TPSA) is 73.0 Å². The molecule has 0 spiro atoms. The summed E-state index contributed by atoms with van der Waals surface area (Å²) in [7, 11) is 3.25. The highest BCUT2D eigenvalue weighted by atomic mass is 32.2. The number of nitrogens with zero attached hydrogens (tertiary/aromatic N) is 4. The van der Waals surface area contributed by atoms with Gasteiger partial charge in [0.15, 0.2) is 22.5 Å². The van der Waals surface area contributed by atoms with Gasteiger partial charge in [0.1, 0.15) is 0 Å². The van der Waals surface area contributed by atoms with Crippen LogP contribution in [0.15, 0.2) is 23.4 Å². The number of thioether (sulfide) groups is 1. The van der Waals surface area contributed by atoms with Gasteiger partial charge in [-0.15, -0.1) is 10.2 Å². The minimum absolute atomic E-state index is 0.167. The average Bonchev–Trinajstić information content (AvgIpc) is 3.11. The number of hydrogen-bond acceptors (Lipinski definition) is 6. The van der Waals surface area contributed by atoms with Crippen LogP contribution in [0.25, 0.3) is 11.4 Å². The predicted molar refractivity (Wildman–Crippen MR) is 102 cm³/mol. The molecule has 1 unspecified atom stereocenters. The first-order chi connectivity index (χ1) is 12.7. The summed E-state index contributed by atoms with van der Waals surface area (Å²) in [6.45, 7) is 1.89. The highest BCUT2D eigenvalue weighted by Gasteiger charge is 2.25. The van der Waals surface area contributed by atoms with E-state index in [4.69, 9.17) is 9.47 Å². The van der Waals surface area contributed by atoms with E-state index in [2.05, 4.69) is 20.8 Å². The van der Waals surface area contributed by atoms with Crippen LogP contribution in [0.2, 0.25) is 0 Å². The van der Waals surface area contributed by atoms with Gasteiger partial charge < -0.3 is 9.47 Å². The molecule has 0 radical (unpaired) electrons. The van der Waals surface area contributed by atoms with Crippen LogP contribution in [-0.2, 0) is 0 Å². The van der Waals surface area contributed by atoms with Crippen LogP contribution in [0.1, 0.15) is 45.1 Å². The Labute approximate surface area is 158 Å². The van der Waals surface area contributed by atoms with Crippen molar-refractivity contribution in [2.24, 2.45) is 0 Å². The van der Waals surface area contributed by atoms with Crippen LogP contribution in [0.3, 0.4) is 0 Å². The average molecular weight is 372 g/mol. The zero-order valence-corrected chi connectivity index (χ0v) is 16.3. The highest BCUT2D eigenvalue weighted by molar-refractivity contribution is 8.00. The Morgan fingerprint density at radius 2 is 1.88 bits per heavy atom. The van der Waals surface area contributed by atoms with Crippen molar-refractivity contribution in [2.75, 3.05) is 14.2 Å². The molecule has 1 aromatic heterocycles. The van der Waals surface area contributed by atoms with Crippen molar-refractivity contribution in [1.82, 2.24) is 14.8 Å². The minimum Gasteiger partial charge on any atom is -0.493 e. The van der Waals surface area contributed by atoms with Crippen LogP contribution >= 0.6 is 11.8 Å². The molecule has 1 atom stereocenters. The van der Waals surface area contributed by atoms with Gasteiger partial charge in [-0.25, -0.2) is 0 Å². The highest BCUT2D eigenvalue weighted by Crippen LogP contribution is 2.38. The third-order valence-corrected chi connectivity index (χ3v) is 5.66. The number of ether oxygens (including phenoxy) is 2. The normalized spacial score (nSPS) is 16.1. The van der Waals surface area contributed by atoms with Gasteiger partial charge in [0.25, 0.3) is 0 Å². The van der Waals surface area contributed by atoms with E-state index in [9.17, 15) is 5.26 Å². The molecule has 7 heteroatoms. The van der Waals surface area contributed by atoms with E-state index in [-0.39, 0.29) is 5.25 Å². The smallest absolute Gasteiger partial charge is 0.193 e. The van der Waals surface area contributed by atoms with Crippen LogP contribution in [-0.4, -0.2) is 34.2 Å². The summed E-state index contributed by atoms with van der Waals surface area (Å²) in [6, 6.07) is 8.44. The first-order valence-corrected chi connectivity index (χ1v) is 9.79. The summed E-state index contributed by atoms with van der Waals surface area (Å²) in [4.78, 5) is 0. The van der Waals surface area contributed by atoms with E-state index in [1.807, 2.05) is 25.1 Å². The van der Waals surface area contributed by atoms with Crippen LogP contribution in [0.4, 0.5) is 0 Å². The largest absolute Gasteiger partial charge is 0.493 e. The first kappa shape index (κ1) is 18.6. The summed E-state index contributed by atoms with van der Waals surface area (Å²) in [6.07, 6.45) is 5.94. The van der Waals surface area contributed by atoms with E-state index >= 15 is 0 Å². The summed E-state index contributed by atoms with van der Waals surface area (Å²) in [5.74, 6) is 2.18. The second kappa shape index (κ2) is 8.45. The predicted octanol–water partition coefficient (Wildman–Crippen LogP) is 4.47. The summed E-state index contributed by atoms with van der Waals surface area (Å²) in [5, 5.41) is 18.7. The van der Waals surface area contributed by atoms with Crippen molar-refractivity contribution in [3.63, 3.8) is 0 Å². The van der Waals surface area contributed by atoms with Gasteiger partial charge in [-0.2, -0.15) is 5.26 Å². The molecule has 1 heterocycles. The Hall–Kier alpha value is -2.20. The Bertz CT molecular complexity index is 793. The van der Waals surface area contributed by atoms with Gasteiger partial charge in [-0.1, -0.05) is 31.0 Å². The third kappa shape index (κ3) is 3.80. The van der Waals surface area contributed by atoms with E-state index < -0.39 is 0 Å². The van der Waals surface area contributed by atoms with Crippen LogP contribution < -0.4 is 9.47 Å². The molecular weight excluding hydrogens is 348 g/mol. The molecule has 26 heavy (non-hydrogen) atoms. The fourth-order valence-electron chi connectivity index (χ4n) is 3.38. The second-order valence-corrected chi connectivity index (χ2v) is 7.73. The molecule has 0 bridgehead atoms. The molecule has 1 aromatic carbocycles. The molecule has 1 aliphatic rings. The third-order valence-electron chi connectivity index (χ3n) is 4.71. The van der Waals surface area contributed by atoms with Crippen molar-refractivity contribution in [3.8, 4) is 29.0 Å². The van der Waals surface area contributed by atoms with Crippen molar-refractivity contribution < 1.29 is 9.47 Å². The molecule has 2 aromatic rings. The SMILES string of the molecule is COc1ccc(-c2nnc(SC(C)C#N)n2C2CCCCC2)cc1OC. The van der Waals surface area contributed by atoms with Gasteiger partial charge in [-0.05, 0) is 38.0 Å². The Morgan fingerprint density at radius 1 is 1.15 bits per heavy atom. The number of methoxy groups -OCH3 is 2. The molecule has 0 saturated heterocycles. The Kier molecular flexibility index (Phi) is 6.04. The van der Waals surface area contributed by atoms with Gasteiger partial charge >= 0.3 is 0 Å². The van der Waals surface area contributed by atoms with Gasteiger partial charge in [0.2, 0.25) is 0 Å². The standard InChI is InChI=1S/C19H24N4O2S/c1-13(12-20)26-19-22-21-18(23(19)15-7-5-4-6-8-15)14-9-10-16(24-2)17(11-14)25-3/h9-11,13,15H,4-8H2,1-3H3. The maximum absolute atomic E-state index is 9.19. The van der Waals surface area contributed by atoms with Crippen molar-refractivity contribution >= 4 is 11.8 Å². The molecule has 0 aliphatic heterocycles. The Balaban J connectivity index is 2.04. The summed E-state index contributed by atoms with van der Waals surface area (Å²) >= 11 is 1.47. The number of nitriles is 1. The van der Waals surface area contributed by atoms with Crippen molar-refractivity contribution in [3.05, 3.63) is 18.2 Å². The van der Waals surface area contributed by atoms with E-state index in [0.717, 1.165) is 29.4 Å². The van der Waals surface area contributed by atoms with Crippen LogP contribution in [0.5, 0.6) is 11.5 Å². The number of benzene rings is 1. The maximum Gasteiger partial charge on any atom is 0.193 e. The summed E-state index contributed by atoms with van der Waals surface area (Å²) in [5.41, 5.74) is 0.942. The zero-order valence-electron chi connectivity index (χ0n) is 15.4. The van der Waals surface area contributed by atoms with Gasteiger partial charge in [0.05, 0.1) is 25.5 Å². The lowest BCUT2D eigenvalue weighted by Gasteiger charge is -2.26. The molecule has 1 aliphatic carbocycles. The monoisotopic (exact) mass is 372 g/mol. The first-order valence-electron chi connectivity index (χ1n) is 8.91. The molecule has 1 saturated carbocycles. The minimum atomic E-state index is -0.167. The number of aromatic nitrogens is 3. The van der Waals surface area contributed by atoms with Crippen molar-refractivity contribution in [2.45, 2.75) is 55.5 Å². The fourth-order valence-corrected chi connectivity index (χ4v) is 4.19. The summed E-state index contributed by atoms with van der Waals surface area (Å²) < 4.78 is 13.0. The lowest BCUT2D eigenvalue weighted by atomic mass is 9.95. The molecule has 0 N–H and O–H groups in total. The van der Waals surface area contributed by atoms with Gasteiger partial charge in [0, 0.05) is 11.6 Å². The molecule has 1 fully saturated rings. The lowest BCUT2D eigenvalue weighted by Crippen LogP contribution is -2.15. The lowest BCUT2D eigenvalue weighted by molar-refractivity contribution is 0.339. The second-order valence-electron chi connectivity index (χ2n) is 6.43. The molecule has 138 valence electrons. The van der Waals surface area contributed by atoms with Crippen LogP contribution in [0, 0.1) is 11.3 Å². The molecule has 0 amide bonds. The molecule has 3 rings (SSSR count). The van der Waals surface area contributed by atoms with E-state index in [0.29, 0.717) is 17.5 Å². The molecular formula is C19H24N4O2S. The zero-order chi connectivity index (χ0) is 18.5. The Morgan fingerprint density at radius 3 is 2.54 bits per heavy atom. The quantitative estimate of drug-likeness (QED) is 0.697. The number of rotatable bonds is 6. The number of hydrogen-bond donors (Lipinski definition) is 0.